The van der Waals surface area contributed by atoms with E-state index in [1.807, 2.05) is 73.0 Å². The summed E-state index contributed by atoms with van der Waals surface area (Å²) in [6.45, 7) is 5.52. The van der Waals surface area contributed by atoms with Gasteiger partial charge in [0.1, 0.15) is 12.4 Å². The van der Waals surface area contributed by atoms with Crippen molar-refractivity contribution >= 4 is 29.1 Å². The van der Waals surface area contributed by atoms with E-state index in [0.29, 0.717) is 22.2 Å². The van der Waals surface area contributed by atoms with E-state index >= 15 is 0 Å². The first kappa shape index (κ1) is 24.2. The molecule has 178 valence electrons. The van der Waals surface area contributed by atoms with Crippen LogP contribution in [0.3, 0.4) is 0 Å². The Morgan fingerprint density at radius 1 is 1.00 bits per heavy atom. The highest BCUT2D eigenvalue weighted by Gasteiger charge is 2.22. The molecule has 0 bridgehead atoms. The van der Waals surface area contributed by atoms with Gasteiger partial charge in [-0.3, -0.25) is 14.2 Å². The van der Waals surface area contributed by atoms with E-state index in [4.69, 9.17) is 4.74 Å². The minimum Gasteiger partial charge on any atom is -0.485 e. The SMILES string of the molecule is CC(=O)c1cccc(NC(=O)C(C)Sc2nnc(COc3ccccc3C)n2-c2ccccc2)c1. The summed E-state index contributed by atoms with van der Waals surface area (Å²) < 4.78 is 7.93. The minimum atomic E-state index is -0.465. The predicted molar refractivity (Wildman–Crippen MR) is 137 cm³/mol. The van der Waals surface area contributed by atoms with Gasteiger partial charge in [0.05, 0.1) is 5.25 Å². The largest absolute Gasteiger partial charge is 0.485 e. The van der Waals surface area contributed by atoms with E-state index in [0.717, 1.165) is 17.0 Å². The van der Waals surface area contributed by atoms with Crippen LogP contribution in [0.15, 0.2) is 84.0 Å². The van der Waals surface area contributed by atoms with Crippen molar-refractivity contribution in [1.29, 1.82) is 0 Å². The lowest BCUT2D eigenvalue weighted by molar-refractivity contribution is -0.115. The fourth-order valence-corrected chi connectivity index (χ4v) is 4.33. The first-order chi connectivity index (χ1) is 16.9. The van der Waals surface area contributed by atoms with Crippen molar-refractivity contribution in [3.05, 3.63) is 95.8 Å². The highest BCUT2D eigenvalue weighted by atomic mass is 32.2. The zero-order valence-electron chi connectivity index (χ0n) is 19.8. The van der Waals surface area contributed by atoms with Crippen LogP contribution in [0.2, 0.25) is 0 Å². The van der Waals surface area contributed by atoms with Crippen molar-refractivity contribution in [2.24, 2.45) is 0 Å². The zero-order valence-corrected chi connectivity index (χ0v) is 20.6. The lowest BCUT2D eigenvalue weighted by atomic mass is 10.1. The van der Waals surface area contributed by atoms with E-state index in [1.54, 1.807) is 24.3 Å². The van der Waals surface area contributed by atoms with Crippen molar-refractivity contribution in [3.8, 4) is 11.4 Å². The van der Waals surface area contributed by atoms with E-state index in [1.165, 1.54) is 18.7 Å². The van der Waals surface area contributed by atoms with Crippen LogP contribution in [0.25, 0.3) is 5.69 Å². The average molecular weight is 487 g/mol. The molecule has 7 nitrogen and oxygen atoms in total. The van der Waals surface area contributed by atoms with Gasteiger partial charge in [-0.25, -0.2) is 0 Å². The van der Waals surface area contributed by atoms with Gasteiger partial charge in [-0.15, -0.1) is 10.2 Å². The Morgan fingerprint density at radius 2 is 1.74 bits per heavy atom. The number of benzene rings is 3. The van der Waals surface area contributed by atoms with Crippen molar-refractivity contribution in [3.63, 3.8) is 0 Å². The van der Waals surface area contributed by atoms with Crippen molar-refractivity contribution in [2.75, 3.05) is 5.32 Å². The van der Waals surface area contributed by atoms with E-state index < -0.39 is 5.25 Å². The number of nitrogens with one attached hydrogen (secondary N) is 1. The molecule has 1 unspecified atom stereocenters. The zero-order chi connectivity index (χ0) is 24.8. The molecule has 0 aliphatic heterocycles. The minimum absolute atomic E-state index is 0.0556. The Bertz CT molecular complexity index is 1340. The Labute approximate surface area is 208 Å². The standard InChI is InChI=1S/C27H26N4O3S/c1-18-10-7-8-15-24(18)34-17-25-29-30-27(31(25)23-13-5-4-6-14-23)35-20(3)26(33)28-22-12-9-11-21(16-22)19(2)32/h4-16,20H,17H2,1-3H3,(H,28,33). The molecule has 1 heterocycles. The fourth-order valence-electron chi connectivity index (χ4n) is 3.44. The fraction of sp³-hybridized carbons (Fsp3) is 0.185. The first-order valence-corrected chi connectivity index (χ1v) is 12.1. The summed E-state index contributed by atoms with van der Waals surface area (Å²) in [7, 11) is 0. The molecule has 1 atom stereocenters. The molecule has 1 amide bonds. The number of hydrogen-bond acceptors (Lipinski definition) is 6. The Morgan fingerprint density at radius 3 is 2.49 bits per heavy atom. The van der Waals surface area contributed by atoms with Crippen molar-refractivity contribution in [1.82, 2.24) is 14.8 Å². The molecule has 0 aliphatic carbocycles. The highest BCUT2D eigenvalue weighted by molar-refractivity contribution is 8.00. The van der Waals surface area contributed by atoms with Gasteiger partial charge in [-0.05, 0) is 56.7 Å². The number of Topliss-reactive ketones (excluding diaryl/α,β-unsaturated/α-hetero) is 1. The van der Waals surface area contributed by atoms with E-state index in [9.17, 15) is 9.59 Å². The number of nitrogens with zero attached hydrogens (tertiary/aromatic N) is 3. The quantitative estimate of drug-likeness (QED) is 0.249. The summed E-state index contributed by atoms with van der Waals surface area (Å²) in [6.07, 6.45) is 0. The third-order valence-electron chi connectivity index (χ3n) is 5.35. The molecule has 0 aliphatic rings. The number of hydrogen-bond donors (Lipinski definition) is 1. The Hall–Kier alpha value is -3.91. The number of ether oxygens (including phenoxy) is 1. The summed E-state index contributed by atoms with van der Waals surface area (Å²) in [5.41, 5.74) is 3.04. The molecule has 1 aromatic heterocycles. The maximum Gasteiger partial charge on any atom is 0.237 e. The number of carbonyl (C=O) groups excluding carboxylic acids is 2. The van der Waals surface area contributed by atoms with Crippen LogP contribution in [-0.2, 0) is 11.4 Å². The second-order valence-electron chi connectivity index (χ2n) is 8.01. The van der Waals surface area contributed by atoms with Crippen LogP contribution >= 0.6 is 11.8 Å². The van der Waals surface area contributed by atoms with Crippen LogP contribution in [0.4, 0.5) is 5.69 Å². The summed E-state index contributed by atoms with van der Waals surface area (Å²) in [5.74, 6) is 1.16. The predicted octanol–water partition coefficient (Wildman–Crippen LogP) is 5.48. The molecule has 4 aromatic rings. The molecule has 0 saturated heterocycles. The smallest absolute Gasteiger partial charge is 0.237 e. The number of aryl methyl sites for hydroxylation is 1. The van der Waals surface area contributed by atoms with Gasteiger partial charge in [0.25, 0.3) is 0 Å². The van der Waals surface area contributed by atoms with Crippen molar-refractivity contribution in [2.45, 2.75) is 37.8 Å². The third-order valence-corrected chi connectivity index (χ3v) is 6.40. The second kappa shape index (κ2) is 11.0. The summed E-state index contributed by atoms with van der Waals surface area (Å²) in [5, 5.41) is 11.7. The molecular formula is C27H26N4O3S. The summed E-state index contributed by atoms with van der Waals surface area (Å²) in [4.78, 5) is 24.6. The number of anilines is 1. The number of rotatable bonds is 9. The average Bonchev–Trinajstić information content (AvgIpc) is 3.26. The van der Waals surface area contributed by atoms with Crippen LogP contribution in [0, 0.1) is 6.92 Å². The molecule has 0 spiro atoms. The molecule has 1 N–H and O–H groups in total. The van der Waals surface area contributed by atoms with E-state index in [-0.39, 0.29) is 18.3 Å². The molecule has 3 aromatic carbocycles. The van der Waals surface area contributed by atoms with Crippen LogP contribution in [0.5, 0.6) is 5.75 Å². The van der Waals surface area contributed by atoms with Gasteiger partial charge in [0, 0.05) is 16.9 Å². The molecule has 0 saturated carbocycles. The summed E-state index contributed by atoms with van der Waals surface area (Å²) >= 11 is 1.30. The van der Waals surface area contributed by atoms with Crippen LogP contribution < -0.4 is 10.1 Å². The second-order valence-corrected chi connectivity index (χ2v) is 9.32. The normalized spacial score (nSPS) is 11.6. The number of aromatic nitrogens is 3. The maximum absolute atomic E-state index is 12.9. The van der Waals surface area contributed by atoms with Crippen LogP contribution in [0.1, 0.15) is 35.6 Å². The lowest BCUT2D eigenvalue weighted by Gasteiger charge is -2.15. The number of ketones is 1. The van der Waals surface area contributed by atoms with Gasteiger partial charge in [0.2, 0.25) is 5.91 Å². The summed E-state index contributed by atoms with van der Waals surface area (Å²) in [6, 6.07) is 24.4. The first-order valence-electron chi connectivity index (χ1n) is 11.2. The van der Waals surface area contributed by atoms with Gasteiger partial charge in [0.15, 0.2) is 16.8 Å². The van der Waals surface area contributed by atoms with Gasteiger partial charge in [-0.1, -0.05) is 60.3 Å². The number of amides is 1. The molecule has 35 heavy (non-hydrogen) atoms. The maximum atomic E-state index is 12.9. The van der Waals surface area contributed by atoms with Gasteiger partial charge in [-0.2, -0.15) is 0 Å². The third kappa shape index (κ3) is 5.96. The molecule has 8 heteroatoms. The van der Waals surface area contributed by atoms with Crippen molar-refractivity contribution < 1.29 is 14.3 Å². The Kier molecular flexibility index (Phi) is 7.62. The lowest BCUT2D eigenvalue weighted by Crippen LogP contribution is -2.23. The Balaban J connectivity index is 1.53. The van der Waals surface area contributed by atoms with Gasteiger partial charge >= 0.3 is 0 Å². The molecule has 4 rings (SSSR count). The van der Waals surface area contributed by atoms with E-state index in [2.05, 4.69) is 15.5 Å². The van der Waals surface area contributed by atoms with Crippen LogP contribution in [-0.4, -0.2) is 31.7 Å². The highest BCUT2D eigenvalue weighted by Crippen LogP contribution is 2.27. The molecule has 0 fully saturated rings. The topological polar surface area (TPSA) is 86.1 Å². The molecular weight excluding hydrogens is 460 g/mol. The number of para-hydroxylation sites is 2. The monoisotopic (exact) mass is 486 g/mol. The van der Waals surface area contributed by atoms with Gasteiger partial charge < -0.3 is 10.1 Å². The number of carbonyl (C=O) groups is 2. The number of thioether (sulfide) groups is 1. The molecule has 0 radical (unpaired) electrons.